The van der Waals surface area contributed by atoms with Crippen molar-refractivity contribution in [2.45, 2.75) is 44.4 Å². The molecular formula is C9H15NO2S. The molecule has 1 N–H and O–H groups in total. The van der Waals surface area contributed by atoms with Crippen LogP contribution in [0.4, 0.5) is 0 Å². The Bertz CT molecular complexity index is 232. The zero-order valence-corrected chi connectivity index (χ0v) is 9.03. The highest BCUT2D eigenvalue weighted by Crippen LogP contribution is 2.28. The number of rotatable bonds is 1. The molecule has 4 heteroatoms. The van der Waals surface area contributed by atoms with E-state index in [9.17, 15) is 9.59 Å². The second kappa shape index (κ2) is 3.70. The summed E-state index contributed by atoms with van der Waals surface area (Å²) in [5.41, 5.74) is -0.205. The van der Waals surface area contributed by atoms with Gasteiger partial charge in [-0.05, 0) is 27.2 Å². The summed E-state index contributed by atoms with van der Waals surface area (Å²) in [7, 11) is 0. The van der Waals surface area contributed by atoms with Gasteiger partial charge in [0.25, 0.3) is 0 Å². The zero-order valence-electron chi connectivity index (χ0n) is 8.22. The quantitative estimate of drug-likeness (QED) is 0.696. The monoisotopic (exact) mass is 201 g/mol. The van der Waals surface area contributed by atoms with Gasteiger partial charge in [0.15, 0.2) is 5.12 Å². The van der Waals surface area contributed by atoms with Crippen molar-refractivity contribution in [1.82, 2.24) is 5.32 Å². The molecule has 0 aromatic carbocycles. The standard InChI is InChI=1S/C9H15NO2S/c1-9(2,3)10-8(12)6-4-5-7(11)13-6/h6H,4-5H2,1-3H3,(H,10,12). The lowest BCUT2D eigenvalue weighted by Gasteiger charge is -2.22. The fourth-order valence-electron chi connectivity index (χ4n) is 1.16. The van der Waals surface area contributed by atoms with E-state index in [1.807, 2.05) is 20.8 Å². The van der Waals surface area contributed by atoms with Gasteiger partial charge < -0.3 is 5.32 Å². The molecule has 0 bridgehead atoms. The predicted molar refractivity (Wildman–Crippen MR) is 53.5 cm³/mol. The molecule has 0 spiro atoms. The number of hydrogen-bond donors (Lipinski definition) is 1. The summed E-state index contributed by atoms with van der Waals surface area (Å²) in [6.07, 6.45) is 1.22. The summed E-state index contributed by atoms with van der Waals surface area (Å²) in [6, 6.07) is 0. The van der Waals surface area contributed by atoms with E-state index in [0.29, 0.717) is 12.8 Å². The summed E-state index contributed by atoms with van der Waals surface area (Å²) in [5, 5.41) is 2.84. The Hall–Kier alpha value is -0.510. The Kier molecular flexibility index (Phi) is 3.01. The Morgan fingerprint density at radius 2 is 2.15 bits per heavy atom. The maximum Gasteiger partial charge on any atom is 0.234 e. The summed E-state index contributed by atoms with van der Waals surface area (Å²) in [5.74, 6) is -0.0108. The minimum Gasteiger partial charge on any atom is -0.351 e. The normalized spacial score (nSPS) is 23.3. The minimum atomic E-state index is -0.205. The maximum atomic E-state index is 11.5. The predicted octanol–water partition coefficient (Wildman–Crippen LogP) is 1.32. The minimum absolute atomic E-state index is 0.0108. The third kappa shape index (κ3) is 3.38. The molecule has 1 heterocycles. The van der Waals surface area contributed by atoms with Gasteiger partial charge in [0.1, 0.15) is 0 Å². The van der Waals surface area contributed by atoms with Crippen LogP contribution in [0.5, 0.6) is 0 Å². The van der Waals surface area contributed by atoms with E-state index in [4.69, 9.17) is 0 Å². The van der Waals surface area contributed by atoms with Gasteiger partial charge in [-0.2, -0.15) is 0 Å². The van der Waals surface area contributed by atoms with Crippen LogP contribution < -0.4 is 5.32 Å². The summed E-state index contributed by atoms with van der Waals surface area (Å²) < 4.78 is 0. The van der Waals surface area contributed by atoms with Crippen molar-refractivity contribution in [2.75, 3.05) is 0 Å². The molecule has 74 valence electrons. The van der Waals surface area contributed by atoms with E-state index in [2.05, 4.69) is 5.32 Å². The zero-order chi connectivity index (χ0) is 10.1. The summed E-state index contributed by atoms with van der Waals surface area (Å²) in [4.78, 5) is 22.4. The number of carbonyl (C=O) groups excluding carboxylic acids is 2. The number of thioether (sulfide) groups is 1. The van der Waals surface area contributed by atoms with Gasteiger partial charge in [0.05, 0.1) is 5.25 Å². The molecule has 0 aromatic heterocycles. The van der Waals surface area contributed by atoms with Crippen molar-refractivity contribution in [1.29, 1.82) is 0 Å². The molecule has 0 aliphatic carbocycles. The number of carbonyl (C=O) groups is 2. The molecule has 1 atom stereocenters. The van der Waals surface area contributed by atoms with Crippen molar-refractivity contribution in [3.05, 3.63) is 0 Å². The highest BCUT2D eigenvalue weighted by atomic mass is 32.2. The lowest BCUT2D eigenvalue weighted by molar-refractivity contribution is -0.121. The van der Waals surface area contributed by atoms with Gasteiger partial charge in [-0.25, -0.2) is 0 Å². The molecule has 1 fully saturated rings. The molecule has 0 radical (unpaired) electrons. The maximum absolute atomic E-state index is 11.5. The van der Waals surface area contributed by atoms with Crippen LogP contribution in [0.15, 0.2) is 0 Å². The lowest BCUT2D eigenvalue weighted by atomic mass is 10.1. The summed E-state index contributed by atoms with van der Waals surface area (Å²) >= 11 is 1.16. The molecule has 1 saturated heterocycles. The van der Waals surface area contributed by atoms with E-state index in [1.54, 1.807) is 0 Å². The van der Waals surface area contributed by atoms with Crippen LogP contribution in [-0.4, -0.2) is 21.8 Å². The first-order chi connectivity index (χ1) is 5.88. The van der Waals surface area contributed by atoms with E-state index < -0.39 is 0 Å². The molecule has 1 amide bonds. The largest absolute Gasteiger partial charge is 0.351 e. The number of amides is 1. The van der Waals surface area contributed by atoms with Gasteiger partial charge >= 0.3 is 0 Å². The van der Waals surface area contributed by atoms with Crippen LogP contribution in [0.25, 0.3) is 0 Å². The topological polar surface area (TPSA) is 46.2 Å². The van der Waals surface area contributed by atoms with Gasteiger partial charge in [-0.3, -0.25) is 9.59 Å². The number of hydrogen-bond acceptors (Lipinski definition) is 3. The van der Waals surface area contributed by atoms with Gasteiger partial charge in [-0.1, -0.05) is 11.8 Å². The van der Waals surface area contributed by atoms with Crippen LogP contribution in [0.1, 0.15) is 33.6 Å². The molecule has 3 nitrogen and oxygen atoms in total. The average molecular weight is 201 g/mol. The van der Waals surface area contributed by atoms with Gasteiger partial charge in [-0.15, -0.1) is 0 Å². The first-order valence-electron chi connectivity index (χ1n) is 4.40. The first-order valence-corrected chi connectivity index (χ1v) is 5.28. The van der Waals surface area contributed by atoms with Crippen LogP contribution in [-0.2, 0) is 9.59 Å². The fourth-order valence-corrected chi connectivity index (χ4v) is 2.11. The molecule has 13 heavy (non-hydrogen) atoms. The lowest BCUT2D eigenvalue weighted by Crippen LogP contribution is -2.44. The van der Waals surface area contributed by atoms with Crippen LogP contribution in [0.2, 0.25) is 0 Å². The Morgan fingerprint density at radius 1 is 1.54 bits per heavy atom. The second-order valence-corrected chi connectivity index (χ2v) is 5.52. The van der Waals surface area contributed by atoms with Crippen molar-refractivity contribution < 1.29 is 9.59 Å². The molecule has 1 aliphatic heterocycles. The average Bonchev–Trinajstić information content (AvgIpc) is 2.31. The van der Waals surface area contributed by atoms with Crippen molar-refractivity contribution >= 4 is 22.8 Å². The second-order valence-electron chi connectivity index (χ2n) is 4.26. The molecule has 1 unspecified atom stereocenters. The van der Waals surface area contributed by atoms with Crippen LogP contribution >= 0.6 is 11.8 Å². The summed E-state index contributed by atoms with van der Waals surface area (Å²) in [6.45, 7) is 5.81. The highest BCUT2D eigenvalue weighted by molar-refractivity contribution is 8.15. The van der Waals surface area contributed by atoms with Crippen LogP contribution in [0, 0.1) is 0 Å². The van der Waals surface area contributed by atoms with Gasteiger partial charge in [0, 0.05) is 12.0 Å². The third-order valence-corrected chi connectivity index (χ3v) is 2.88. The van der Waals surface area contributed by atoms with Crippen molar-refractivity contribution in [3.63, 3.8) is 0 Å². The molecular weight excluding hydrogens is 186 g/mol. The van der Waals surface area contributed by atoms with Crippen molar-refractivity contribution in [2.24, 2.45) is 0 Å². The van der Waals surface area contributed by atoms with E-state index in [-0.39, 0.29) is 21.8 Å². The Balaban J connectivity index is 2.45. The first kappa shape index (κ1) is 10.6. The number of nitrogens with one attached hydrogen (secondary N) is 1. The highest BCUT2D eigenvalue weighted by Gasteiger charge is 2.30. The third-order valence-electron chi connectivity index (χ3n) is 1.67. The Morgan fingerprint density at radius 3 is 2.54 bits per heavy atom. The van der Waals surface area contributed by atoms with Crippen LogP contribution in [0.3, 0.4) is 0 Å². The van der Waals surface area contributed by atoms with E-state index in [1.165, 1.54) is 0 Å². The molecule has 1 rings (SSSR count). The molecule has 0 aromatic rings. The van der Waals surface area contributed by atoms with Gasteiger partial charge in [0.2, 0.25) is 5.91 Å². The van der Waals surface area contributed by atoms with E-state index >= 15 is 0 Å². The smallest absolute Gasteiger partial charge is 0.234 e. The SMILES string of the molecule is CC(C)(C)NC(=O)C1CCC(=O)S1. The molecule has 1 aliphatic rings. The fraction of sp³-hybridized carbons (Fsp3) is 0.778. The molecule has 0 saturated carbocycles. The van der Waals surface area contributed by atoms with E-state index in [0.717, 1.165) is 11.8 Å². The van der Waals surface area contributed by atoms with Crippen molar-refractivity contribution in [3.8, 4) is 0 Å². The Labute approximate surface area is 82.6 Å².